The molecule has 1 aliphatic rings. The van der Waals surface area contributed by atoms with Crippen molar-refractivity contribution in [2.24, 2.45) is 0 Å². The van der Waals surface area contributed by atoms with E-state index in [1.807, 2.05) is 12.3 Å². The van der Waals surface area contributed by atoms with Gasteiger partial charge in [0.2, 0.25) is 5.69 Å². The van der Waals surface area contributed by atoms with Crippen LogP contribution in [0.2, 0.25) is 0 Å². The molecule has 0 unspecified atom stereocenters. The third-order valence-corrected chi connectivity index (χ3v) is 4.16. The summed E-state index contributed by atoms with van der Waals surface area (Å²) in [6.07, 6.45) is 1.87. The lowest BCUT2D eigenvalue weighted by Gasteiger charge is -2.14. The zero-order valence-electron chi connectivity index (χ0n) is 10.8. The molecule has 0 bridgehead atoms. The minimum atomic E-state index is 0.107. The van der Waals surface area contributed by atoms with E-state index < -0.39 is 0 Å². The average Bonchev–Trinajstić information content (AvgIpc) is 2.51. The van der Waals surface area contributed by atoms with Gasteiger partial charge in [0, 0.05) is 24.1 Å². The first-order valence-corrected chi connectivity index (χ1v) is 5.99. The molecule has 17 heavy (non-hydrogen) atoms. The Morgan fingerprint density at radius 3 is 2.71 bits per heavy atom. The van der Waals surface area contributed by atoms with Crippen LogP contribution in [0.1, 0.15) is 26.3 Å². The molecule has 0 spiro atoms. The van der Waals surface area contributed by atoms with E-state index in [0.29, 0.717) is 0 Å². The van der Waals surface area contributed by atoms with Gasteiger partial charge in [-0.3, -0.25) is 0 Å². The summed E-state index contributed by atoms with van der Waals surface area (Å²) in [4.78, 5) is 4.55. The molecule has 1 aromatic carbocycles. The summed E-state index contributed by atoms with van der Waals surface area (Å²) in [5.74, 6) is 0. The number of rotatable bonds is 0. The Balaban J connectivity index is 2.48. The Kier molecular flexibility index (Phi) is 1.94. The van der Waals surface area contributed by atoms with E-state index in [2.05, 4.69) is 55.6 Å². The lowest BCUT2D eigenvalue weighted by molar-refractivity contribution is -0.401. The minimum Gasteiger partial charge on any atom is -0.249 e. The van der Waals surface area contributed by atoms with Crippen molar-refractivity contribution in [1.29, 1.82) is 0 Å². The molecule has 0 N–H and O–H groups in total. The molecule has 2 heterocycles. The van der Waals surface area contributed by atoms with Crippen LogP contribution in [0.5, 0.6) is 0 Å². The van der Waals surface area contributed by atoms with Gasteiger partial charge in [-0.2, -0.15) is 4.58 Å². The second-order valence-electron chi connectivity index (χ2n) is 5.31. The van der Waals surface area contributed by atoms with Gasteiger partial charge in [-0.1, -0.05) is 18.2 Å². The summed E-state index contributed by atoms with van der Waals surface area (Å²) >= 11 is 0. The zero-order chi connectivity index (χ0) is 12.2. The summed E-state index contributed by atoms with van der Waals surface area (Å²) in [7, 11) is 2.14. The summed E-state index contributed by atoms with van der Waals surface area (Å²) in [6, 6.07) is 8.53. The molecule has 2 aromatic rings. The third-order valence-electron chi connectivity index (χ3n) is 4.16. The van der Waals surface area contributed by atoms with Gasteiger partial charge in [0.1, 0.15) is 12.6 Å². The Morgan fingerprint density at radius 2 is 1.94 bits per heavy atom. The highest BCUT2D eigenvalue weighted by Gasteiger charge is 2.42. The Hall–Kier alpha value is -1.70. The molecule has 0 amide bonds. The topological polar surface area (TPSA) is 15.9 Å². The molecule has 0 atom stereocenters. The van der Waals surface area contributed by atoms with E-state index in [4.69, 9.17) is 0 Å². The Labute approximate surface area is 102 Å². The fraction of sp³-hybridized carbons (Fsp3) is 0.333. The zero-order valence-corrected chi connectivity index (χ0v) is 10.8. The van der Waals surface area contributed by atoms with E-state index in [0.717, 1.165) is 5.52 Å². The standard InChI is InChI=1S/C15H17N2/c1-10-15(2,3)12-8-7-11-6-5-9-16-13(11)14(12)17(10)4/h5-9H,1-4H3/q+1. The fourth-order valence-corrected chi connectivity index (χ4v) is 2.76. The van der Waals surface area contributed by atoms with Crippen molar-refractivity contribution in [3.05, 3.63) is 36.0 Å². The molecule has 2 heteroatoms. The van der Waals surface area contributed by atoms with E-state index in [9.17, 15) is 0 Å². The molecule has 0 radical (unpaired) electrons. The van der Waals surface area contributed by atoms with Crippen LogP contribution in [-0.2, 0) is 5.41 Å². The Bertz CT molecular complexity index is 651. The van der Waals surface area contributed by atoms with Crippen molar-refractivity contribution in [3.8, 4) is 0 Å². The smallest absolute Gasteiger partial charge is 0.235 e. The highest BCUT2D eigenvalue weighted by molar-refractivity contribution is 5.99. The van der Waals surface area contributed by atoms with Gasteiger partial charge in [-0.15, -0.1) is 0 Å². The van der Waals surface area contributed by atoms with Crippen LogP contribution < -0.4 is 0 Å². The lowest BCUT2D eigenvalue weighted by atomic mass is 9.82. The lowest BCUT2D eigenvalue weighted by Crippen LogP contribution is -2.25. The van der Waals surface area contributed by atoms with Crippen LogP contribution in [-0.4, -0.2) is 22.3 Å². The van der Waals surface area contributed by atoms with E-state index >= 15 is 0 Å². The van der Waals surface area contributed by atoms with E-state index in [-0.39, 0.29) is 5.41 Å². The average molecular weight is 225 g/mol. The van der Waals surface area contributed by atoms with Crippen molar-refractivity contribution in [1.82, 2.24) is 4.98 Å². The maximum absolute atomic E-state index is 4.55. The fourth-order valence-electron chi connectivity index (χ4n) is 2.76. The third kappa shape index (κ3) is 1.21. The molecule has 0 saturated carbocycles. The first-order chi connectivity index (χ1) is 8.03. The van der Waals surface area contributed by atoms with Gasteiger partial charge in [0.25, 0.3) is 0 Å². The quantitative estimate of drug-likeness (QED) is 0.628. The van der Waals surface area contributed by atoms with Gasteiger partial charge in [-0.25, -0.2) is 4.98 Å². The maximum Gasteiger partial charge on any atom is 0.235 e. The van der Waals surface area contributed by atoms with E-state index in [1.54, 1.807) is 0 Å². The first kappa shape index (κ1) is 10.5. The molecular formula is C15H17N2+. The summed E-state index contributed by atoms with van der Waals surface area (Å²) < 4.78 is 2.28. The molecule has 0 aliphatic carbocycles. The van der Waals surface area contributed by atoms with Gasteiger partial charge in [-0.05, 0) is 19.9 Å². The highest BCUT2D eigenvalue weighted by Crippen LogP contribution is 2.42. The predicted octanol–water partition coefficient (Wildman–Crippen LogP) is 3.26. The van der Waals surface area contributed by atoms with Crippen molar-refractivity contribution in [2.75, 3.05) is 7.05 Å². The SMILES string of the molecule is CC1=[N+](C)c2c(ccc3cccnc23)C1(C)C. The summed E-state index contributed by atoms with van der Waals surface area (Å²) in [5.41, 5.74) is 5.24. The van der Waals surface area contributed by atoms with Crippen LogP contribution in [0.15, 0.2) is 30.5 Å². The minimum absolute atomic E-state index is 0.107. The molecular weight excluding hydrogens is 208 g/mol. The number of hydrogen-bond acceptors (Lipinski definition) is 1. The van der Waals surface area contributed by atoms with Crippen LogP contribution in [0.25, 0.3) is 10.9 Å². The van der Waals surface area contributed by atoms with Crippen molar-refractivity contribution in [2.45, 2.75) is 26.2 Å². The van der Waals surface area contributed by atoms with Crippen LogP contribution in [0, 0.1) is 0 Å². The monoisotopic (exact) mass is 225 g/mol. The van der Waals surface area contributed by atoms with Crippen molar-refractivity contribution in [3.63, 3.8) is 0 Å². The second kappa shape index (κ2) is 3.16. The van der Waals surface area contributed by atoms with Crippen LogP contribution in [0.3, 0.4) is 0 Å². The molecule has 3 rings (SSSR count). The number of nitrogens with zero attached hydrogens (tertiary/aromatic N) is 2. The first-order valence-electron chi connectivity index (χ1n) is 5.99. The van der Waals surface area contributed by atoms with Gasteiger partial charge in [0.05, 0.1) is 5.41 Å². The van der Waals surface area contributed by atoms with Crippen molar-refractivity contribution < 1.29 is 4.58 Å². The van der Waals surface area contributed by atoms with Crippen molar-refractivity contribution >= 4 is 22.3 Å². The van der Waals surface area contributed by atoms with Crippen LogP contribution in [0.4, 0.5) is 5.69 Å². The molecule has 1 aliphatic heterocycles. The molecule has 0 saturated heterocycles. The second-order valence-corrected chi connectivity index (χ2v) is 5.31. The van der Waals surface area contributed by atoms with Gasteiger partial charge >= 0.3 is 0 Å². The summed E-state index contributed by atoms with van der Waals surface area (Å²) in [6.45, 7) is 6.76. The van der Waals surface area contributed by atoms with Crippen LogP contribution >= 0.6 is 0 Å². The Morgan fingerprint density at radius 1 is 1.18 bits per heavy atom. The highest BCUT2D eigenvalue weighted by atomic mass is 15.0. The van der Waals surface area contributed by atoms with Gasteiger partial charge < -0.3 is 0 Å². The number of pyridine rings is 1. The molecule has 1 aromatic heterocycles. The number of hydrogen-bond donors (Lipinski definition) is 0. The summed E-state index contributed by atoms with van der Waals surface area (Å²) in [5, 5.41) is 1.21. The van der Waals surface area contributed by atoms with E-state index in [1.165, 1.54) is 22.3 Å². The number of fused-ring (bicyclic) bond motifs is 3. The molecule has 2 nitrogen and oxygen atoms in total. The number of aromatic nitrogens is 1. The molecule has 0 fully saturated rings. The largest absolute Gasteiger partial charge is 0.249 e. The van der Waals surface area contributed by atoms with Gasteiger partial charge in [0.15, 0.2) is 5.71 Å². The maximum atomic E-state index is 4.55. The predicted molar refractivity (Wildman–Crippen MR) is 71.3 cm³/mol. The molecule has 86 valence electrons. The number of benzene rings is 1. The normalized spacial score (nSPS) is 17.6.